The number of hydrogen-bond acceptors (Lipinski definition) is 4. The smallest absolute Gasteiger partial charge is 0.251 e. The Kier molecular flexibility index (Phi) is 4.72. The molecule has 3 unspecified atom stereocenters. The van der Waals surface area contributed by atoms with Crippen molar-refractivity contribution in [2.24, 2.45) is 0 Å². The van der Waals surface area contributed by atoms with Gasteiger partial charge in [0.25, 0.3) is 5.91 Å². The number of hydrogen-bond donors (Lipinski definition) is 2. The molecule has 3 atom stereocenters. The van der Waals surface area contributed by atoms with Crippen molar-refractivity contribution in [2.45, 2.75) is 24.3 Å². The quantitative estimate of drug-likeness (QED) is 0.843. The van der Waals surface area contributed by atoms with E-state index in [1.165, 1.54) is 11.3 Å². The molecule has 1 saturated heterocycles. The maximum atomic E-state index is 13.6. The lowest BCUT2D eigenvalue weighted by atomic mass is 9.87. The molecule has 3 aliphatic heterocycles. The molecule has 2 aromatic carbocycles. The highest BCUT2D eigenvalue weighted by Gasteiger charge is 2.38. The van der Waals surface area contributed by atoms with Crippen molar-refractivity contribution >= 4 is 17.5 Å². The number of morpholine rings is 1. The molecular weight excluding hydrogens is 366 g/mol. The fourth-order valence-electron chi connectivity index (χ4n) is 4.86. The van der Waals surface area contributed by atoms with Crippen LogP contribution in [0.5, 0.6) is 0 Å². The van der Waals surface area contributed by atoms with Crippen LogP contribution in [0.25, 0.3) is 0 Å². The standard InChI is InChI=1S/C23H25N3O3/c27-22-19-7-2-1-6-18(19)20(13-25-22)23(28)26-9-10-29-14-16(26)11-15-12-24-21-8-4-3-5-17(15)21/h1-8,15-16,20,24H,9-14H2,(H,25,27). The molecule has 3 heterocycles. The molecular formula is C23H25N3O3. The average molecular weight is 391 g/mol. The van der Waals surface area contributed by atoms with Gasteiger partial charge >= 0.3 is 0 Å². The highest BCUT2D eigenvalue weighted by atomic mass is 16.5. The first kappa shape index (κ1) is 18.2. The molecule has 1 fully saturated rings. The van der Waals surface area contributed by atoms with Crippen molar-refractivity contribution in [1.82, 2.24) is 10.2 Å². The topological polar surface area (TPSA) is 70.7 Å². The van der Waals surface area contributed by atoms with Gasteiger partial charge in [0.05, 0.1) is 25.2 Å². The molecule has 0 radical (unpaired) electrons. The van der Waals surface area contributed by atoms with Gasteiger partial charge in [0.2, 0.25) is 5.91 Å². The second kappa shape index (κ2) is 7.52. The minimum Gasteiger partial charge on any atom is -0.384 e. The first-order valence-electron chi connectivity index (χ1n) is 10.3. The summed E-state index contributed by atoms with van der Waals surface area (Å²) in [6, 6.07) is 15.9. The van der Waals surface area contributed by atoms with E-state index in [1.807, 2.05) is 29.2 Å². The first-order chi connectivity index (χ1) is 14.2. The van der Waals surface area contributed by atoms with Crippen molar-refractivity contribution in [3.8, 4) is 0 Å². The van der Waals surface area contributed by atoms with Crippen molar-refractivity contribution in [2.75, 3.05) is 38.2 Å². The first-order valence-corrected chi connectivity index (χ1v) is 10.3. The van der Waals surface area contributed by atoms with E-state index in [1.54, 1.807) is 6.07 Å². The van der Waals surface area contributed by atoms with E-state index in [2.05, 4.69) is 28.8 Å². The molecule has 29 heavy (non-hydrogen) atoms. The summed E-state index contributed by atoms with van der Waals surface area (Å²) in [5, 5.41) is 6.35. The average Bonchev–Trinajstić information content (AvgIpc) is 3.17. The van der Waals surface area contributed by atoms with Gasteiger partial charge in [-0.2, -0.15) is 0 Å². The van der Waals surface area contributed by atoms with E-state index in [4.69, 9.17) is 4.74 Å². The Morgan fingerprint density at radius 1 is 1.03 bits per heavy atom. The molecule has 6 heteroatoms. The van der Waals surface area contributed by atoms with Gasteiger partial charge in [0, 0.05) is 36.8 Å². The molecule has 6 nitrogen and oxygen atoms in total. The predicted octanol–water partition coefficient (Wildman–Crippen LogP) is 2.34. The van der Waals surface area contributed by atoms with Crippen molar-refractivity contribution < 1.29 is 14.3 Å². The van der Waals surface area contributed by atoms with Crippen LogP contribution in [0.15, 0.2) is 48.5 Å². The Morgan fingerprint density at radius 3 is 2.72 bits per heavy atom. The Morgan fingerprint density at radius 2 is 1.83 bits per heavy atom. The molecule has 2 aromatic rings. The monoisotopic (exact) mass is 391 g/mol. The van der Waals surface area contributed by atoms with Crippen LogP contribution in [0.2, 0.25) is 0 Å². The van der Waals surface area contributed by atoms with Gasteiger partial charge in [-0.1, -0.05) is 36.4 Å². The van der Waals surface area contributed by atoms with Crippen LogP contribution in [0.1, 0.15) is 39.7 Å². The van der Waals surface area contributed by atoms with E-state index < -0.39 is 0 Å². The summed E-state index contributed by atoms with van der Waals surface area (Å²) in [6.45, 7) is 2.96. The number of fused-ring (bicyclic) bond motifs is 2. The van der Waals surface area contributed by atoms with Crippen molar-refractivity contribution in [3.63, 3.8) is 0 Å². The predicted molar refractivity (Wildman–Crippen MR) is 110 cm³/mol. The highest BCUT2D eigenvalue weighted by molar-refractivity contribution is 6.00. The zero-order valence-corrected chi connectivity index (χ0v) is 16.3. The fraction of sp³-hybridized carbons (Fsp3) is 0.391. The minimum atomic E-state index is -0.335. The maximum absolute atomic E-state index is 13.6. The van der Waals surface area contributed by atoms with Gasteiger partial charge in [-0.05, 0) is 29.7 Å². The van der Waals surface area contributed by atoms with Crippen LogP contribution in [0, 0.1) is 0 Å². The van der Waals surface area contributed by atoms with Gasteiger partial charge in [-0.25, -0.2) is 0 Å². The summed E-state index contributed by atoms with van der Waals surface area (Å²) in [5.74, 6) is 0.0202. The van der Waals surface area contributed by atoms with E-state index in [9.17, 15) is 9.59 Å². The van der Waals surface area contributed by atoms with Gasteiger partial charge in [-0.15, -0.1) is 0 Å². The largest absolute Gasteiger partial charge is 0.384 e. The molecule has 0 aliphatic carbocycles. The Bertz CT molecular complexity index is 944. The SMILES string of the molecule is O=C1NCC(C(=O)N2CCOCC2CC2CNc3ccccc32)c2ccccc21. The van der Waals surface area contributed by atoms with Crippen molar-refractivity contribution in [3.05, 3.63) is 65.2 Å². The van der Waals surface area contributed by atoms with Crippen LogP contribution in [0.3, 0.4) is 0 Å². The summed E-state index contributed by atoms with van der Waals surface area (Å²) < 4.78 is 5.75. The Balaban J connectivity index is 1.38. The molecule has 150 valence electrons. The van der Waals surface area contributed by atoms with E-state index in [0.717, 1.165) is 18.5 Å². The summed E-state index contributed by atoms with van der Waals surface area (Å²) in [7, 11) is 0. The molecule has 5 rings (SSSR count). The van der Waals surface area contributed by atoms with Gasteiger partial charge < -0.3 is 20.3 Å². The second-order valence-corrected chi connectivity index (χ2v) is 8.01. The molecule has 2 amide bonds. The van der Waals surface area contributed by atoms with Crippen LogP contribution in [0.4, 0.5) is 5.69 Å². The number of nitrogens with one attached hydrogen (secondary N) is 2. The third-order valence-corrected chi connectivity index (χ3v) is 6.35. The molecule has 2 N–H and O–H groups in total. The number of para-hydroxylation sites is 1. The number of nitrogens with zero attached hydrogens (tertiary/aromatic N) is 1. The summed E-state index contributed by atoms with van der Waals surface area (Å²) in [6.07, 6.45) is 0.872. The van der Waals surface area contributed by atoms with E-state index in [-0.39, 0.29) is 23.8 Å². The molecule has 0 saturated carbocycles. The highest BCUT2D eigenvalue weighted by Crippen LogP contribution is 2.36. The molecule has 0 bridgehead atoms. The number of carbonyl (C=O) groups is 2. The van der Waals surface area contributed by atoms with Crippen LogP contribution >= 0.6 is 0 Å². The summed E-state index contributed by atoms with van der Waals surface area (Å²) in [4.78, 5) is 27.7. The number of carbonyl (C=O) groups excluding carboxylic acids is 2. The normalized spacial score (nSPS) is 25.6. The van der Waals surface area contributed by atoms with Crippen LogP contribution in [-0.4, -0.2) is 55.6 Å². The number of anilines is 1. The zero-order valence-electron chi connectivity index (χ0n) is 16.3. The summed E-state index contributed by atoms with van der Waals surface area (Å²) in [5.41, 5.74) is 3.95. The molecule has 0 spiro atoms. The minimum absolute atomic E-state index is 0.0407. The number of ether oxygens (including phenoxy) is 1. The van der Waals surface area contributed by atoms with Crippen LogP contribution < -0.4 is 10.6 Å². The second-order valence-electron chi connectivity index (χ2n) is 8.01. The van der Waals surface area contributed by atoms with Gasteiger partial charge in [-0.3, -0.25) is 9.59 Å². The van der Waals surface area contributed by atoms with Gasteiger partial charge in [0.1, 0.15) is 0 Å². The van der Waals surface area contributed by atoms with Crippen molar-refractivity contribution in [1.29, 1.82) is 0 Å². The fourth-order valence-corrected chi connectivity index (χ4v) is 4.86. The lowest BCUT2D eigenvalue weighted by Gasteiger charge is -2.39. The number of amides is 2. The zero-order chi connectivity index (χ0) is 19.8. The lowest BCUT2D eigenvalue weighted by Crippen LogP contribution is -2.53. The molecule has 0 aromatic heterocycles. The third-order valence-electron chi connectivity index (χ3n) is 6.35. The Labute approximate surface area is 170 Å². The maximum Gasteiger partial charge on any atom is 0.251 e. The number of benzene rings is 2. The third kappa shape index (κ3) is 3.27. The Hall–Kier alpha value is -2.86. The summed E-state index contributed by atoms with van der Waals surface area (Å²) >= 11 is 0. The van der Waals surface area contributed by atoms with E-state index >= 15 is 0 Å². The van der Waals surface area contributed by atoms with Gasteiger partial charge in [0.15, 0.2) is 0 Å². The van der Waals surface area contributed by atoms with Crippen LogP contribution in [-0.2, 0) is 9.53 Å². The van der Waals surface area contributed by atoms with E-state index in [0.29, 0.717) is 37.8 Å². The lowest BCUT2D eigenvalue weighted by molar-refractivity contribution is -0.141. The number of rotatable bonds is 3. The molecule has 3 aliphatic rings.